The first-order chi connectivity index (χ1) is 17.8. The van der Waals surface area contributed by atoms with E-state index in [1.54, 1.807) is 32.1 Å². The van der Waals surface area contributed by atoms with Crippen LogP contribution in [0, 0.1) is 16.7 Å². The van der Waals surface area contributed by atoms with Crippen LogP contribution in [0.4, 0.5) is 0 Å². The number of carbonyl (C=O) groups excluding carboxylic acids is 2. The molecule has 0 amide bonds. The van der Waals surface area contributed by atoms with E-state index in [1.165, 1.54) is 12.2 Å². The van der Waals surface area contributed by atoms with Crippen molar-refractivity contribution in [3.63, 3.8) is 0 Å². The van der Waals surface area contributed by atoms with E-state index in [9.17, 15) is 24.9 Å². The van der Waals surface area contributed by atoms with Gasteiger partial charge in [-0.1, -0.05) is 30.7 Å². The van der Waals surface area contributed by atoms with Gasteiger partial charge in [0.05, 0.1) is 30.5 Å². The predicted molar refractivity (Wildman–Crippen MR) is 136 cm³/mol. The molecule has 9 nitrogen and oxygen atoms in total. The highest BCUT2D eigenvalue weighted by atomic mass is 16.6. The molecule has 38 heavy (non-hydrogen) atoms. The minimum absolute atomic E-state index is 0.0222. The number of aliphatic hydroxyl groups is 3. The molecule has 0 radical (unpaired) electrons. The number of carbonyl (C=O) groups is 2. The summed E-state index contributed by atoms with van der Waals surface area (Å²) >= 11 is 0. The zero-order chi connectivity index (χ0) is 27.5. The molecule has 3 N–H and O–H groups in total. The molecule has 1 spiro atoms. The van der Waals surface area contributed by atoms with Gasteiger partial charge >= 0.3 is 11.9 Å². The van der Waals surface area contributed by atoms with Gasteiger partial charge in [-0.15, -0.1) is 0 Å². The van der Waals surface area contributed by atoms with Crippen molar-refractivity contribution in [1.82, 2.24) is 0 Å². The summed E-state index contributed by atoms with van der Waals surface area (Å²) in [5.41, 5.74) is -3.41. The average molecular weight is 533 g/mol. The summed E-state index contributed by atoms with van der Waals surface area (Å²) in [4.78, 5) is 25.8. The second-order valence-electron chi connectivity index (χ2n) is 12.3. The van der Waals surface area contributed by atoms with Crippen LogP contribution in [-0.4, -0.2) is 82.2 Å². The van der Waals surface area contributed by atoms with Crippen molar-refractivity contribution in [2.24, 2.45) is 16.7 Å². The minimum atomic E-state index is -1.35. The number of hydrogen-bond acceptors (Lipinski definition) is 9. The number of ether oxygens (including phenoxy) is 4. The van der Waals surface area contributed by atoms with Crippen LogP contribution in [0.5, 0.6) is 0 Å². The second-order valence-corrected chi connectivity index (χ2v) is 12.3. The summed E-state index contributed by atoms with van der Waals surface area (Å²) in [5.74, 6) is -1.41. The molecule has 210 valence electrons. The molecule has 3 heterocycles. The highest BCUT2D eigenvalue weighted by Crippen LogP contribution is 2.74. The van der Waals surface area contributed by atoms with Crippen molar-refractivity contribution in [1.29, 1.82) is 0 Å². The normalized spacial score (nSPS) is 51.0. The molecule has 0 aromatic heterocycles. The number of hydrogen-bond donors (Lipinski definition) is 3. The molecule has 5 fully saturated rings. The average Bonchev–Trinajstić information content (AvgIpc) is 2.99. The van der Waals surface area contributed by atoms with Gasteiger partial charge in [0.15, 0.2) is 0 Å². The second kappa shape index (κ2) is 9.55. The Balaban J connectivity index is 1.52. The highest BCUT2D eigenvalue weighted by Gasteiger charge is 2.83. The number of cyclic esters (lactones) is 1. The van der Waals surface area contributed by atoms with Crippen molar-refractivity contribution >= 4 is 11.9 Å². The lowest BCUT2D eigenvalue weighted by atomic mass is 9.40. The summed E-state index contributed by atoms with van der Waals surface area (Å²) in [6.07, 6.45) is 6.57. The molecule has 6 bridgehead atoms. The maximum absolute atomic E-state index is 12.9. The fraction of sp³-hybridized carbons (Fsp3) is 0.724. The van der Waals surface area contributed by atoms with Crippen LogP contribution < -0.4 is 0 Å². The van der Waals surface area contributed by atoms with E-state index in [-0.39, 0.29) is 19.1 Å². The Morgan fingerprint density at radius 1 is 1.08 bits per heavy atom. The van der Waals surface area contributed by atoms with E-state index in [4.69, 9.17) is 18.9 Å². The Labute approximate surface area is 223 Å². The molecular weight excluding hydrogens is 492 g/mol. The lowest BCUT2D eigenvalue weighted by Crippen LogP contribution is -2.80. The molecule has 0 aromatic rings. The largest absolute Gasteiger partial charge is 0.462 e. The van der Waals surface area contributed by atoms with E-state index < -0.39 is 64.5 Å². The Hall–Kier alpha value is -2.04. The quantitative estimate of drug-likeness (QED) is 0.435. The van der Waals surface area contributed by atoms with Crippen molar-refractivity contribution in [3.05, 3.63) is 36.0 Å². The number of rotatable bonds is 1. The Kier molecular flexibility index (Phi) is 6.92. The third-order valence-electron chi connectivity index (χ3n) is 10.2. The first-order valence-electron chi connectivity index (χ1n) is 13.6. The fourth-order valence-electron chi connectivity index (χ4n) is 7.82. The van der Waals surface area contributed by atoms with E-state index in [2.05, 4.69) is 0 Å². The molecule has 6 aliphatic rings. The van der Waals surface area contributed by atoms with Crippen LogP contribution in [-0.2, 0) is 28.5 Å². The fourth-order valence-corrected chi connectivity index (χ4v) is 7.82. The lowest BCUT2D eigenvalue weighted by molar-refractivity contribution is -0.377. The third kappa shape index (κ3) is 4.09. The van der Waals surface area contributed by atoms with E-state index >= 15 is 0 Å². The van der Waals surface area contributed by atoms with Crippen LogP contribution in [0.1, 0.15) is 59.8 Å². The van der Waals surface area contributed by atoms with Crippen LogP contribution >= 0.6 is 0 Å². The van der Waals surface area contributed by atoms with Gasteiger partial charge in [0.1, 0.15) is 24.4 Å². The molecule has 3 aliphatic carbocycles. The van der Waals surface area contributed by atoms with Gasteiger partial charge in [-0.2, -0.15) is 0 Å². The van der Waals surface area contributed by atoms with E-state index in [0.717, 1.165) is 5.57 Å². The van der Waals surface area contributed by atoms with E-state index in [0.29, 0.717) is 32.1 Å². The lowest BCUT2D eigenvalue weighted by Gasteiger charge is -2.71. The zero-order valence-corrected chi connectivity index (χ0v) is 22.6. The van der Waals surface area contributed by atoms with Crippen LogP contribution in [0.3, 0.4) is 0 Å². The smallest absolute Gasteiger partial charge is 0.331 e. The first-order valence-corrected chi connectivity index (χ1v) is 13.6. The molecule has 9 heteroatoms. The van der Waals surface area contributed by atoms with Gasteiger partial charge in [0, 0.05) is 35.3 Å². The van der Waals surface area contributed by atoms with Gasteiger partial charge in [-0.05, 0) is 46.5 Å². The molecule has 2 saturated heterocycles. The maximum atomic E-state index is 12.9. The third-order valence-corrected chi connectivity index (χ3v) is 10.2. The summed E-state index contributed by atoms with van der Waals surface area (Å²) in [6.45, 7) is 7.40. The Morgan fingerprint density at radius 3 is 2.58 bits per heavy atom. The van der Waals surface area contributed by atoms with Crippen molar-refractivity contribution in [2.75, 3.05) is 13.2 Å². The van der Waals surface area contributed by atoms with Crippen molar-refractivity contribution < 1.29 is 43.9 Å². The van der Waals surface area contributed by atoms with Crippen molar-refractivity contribution in [3.8, 4) is 0 Å². The summed E-state index contributed by atoms with van der Waals surface area (Å²) in [6, 6.07) is 0. The molecule has 6 rings (SSSR count). The number of aliphatic hydroxyl groups excluding tert-OH is 1. The highest BCUT2D eigenvalue weighted by molar-refractivity contribution is 5.83. The minimum Gasteiger partial charge on any atom is -0.462 e. The molecule has 10 atom stereocenters. The van der Waals surface area contributed by atoms with Gasteiger partial charge in [-0.25, -0.2) is 9.59 Å². The molecule has 0 aromatic carbocycles. The van der Waals surface area contributed by atoms with Gasteiger partial charge in [-0.3, -0.25) is 0 Å². The SMILES string of the molecule is C/C1=C\C(=O)OC[C@@]23CC[C@](C)(O)[C@H]4C[C@]5(O)[C@@H](C[C@@H](OC(=O)/C=C\C=C\[C@H]([C@@H](C)O)OCC1)[C@]25C)O[C@H]43. The molecular formula is C29H40O9. The predicted octanol–water partition coefficient (Wildman–Crippen LogP) is 2.13. The monoisotopic (exact) mass is 532 g/mol. The van der Waals surface area contributed by atoms with E-state index in [1.807, 2.05) is 13.8 Å². The number of esters is 2. The summed E-state index contributed by atoms with van der Waals surface area (Å²) in [5, 5.41) is 33.5. The number of allylic oxidation sites excluding steroid dienone is 2. The summed E-state index contributed by atoms with van der Waals surface area (Å²) in [7, 11) is 0. The first kappa shape index (κ1) is 27.5. The molecule has 3 saturated carbocycles. The van der Waals surface area contributed by atoms with Crippen LogP contribution in [0.25, 0.3) is 0 Å². The van der Waals surface area contributed by atoms with Gasteiger partial charge in [0.2, 0.25) is 0 Å². The van der Waals surface area contributed by atoms with Crippen molar-refractivity contribution in [2.45, 2.75) is 102 Å². The standard InChI is InChI=1S/C29H40O9/c1-17-9-12-35-20(18(2)30)7-5-6-8-23(31)37-21-14-22-29(34)15-19-25(38-22)28(27(21,29)4,11-10-26(19,3)33)16-36-24(32)13-17/h5-8,13,18-22,25,30,33-34H,9-12,14-16H2,1-4H3/b7-5+,8-6-,17-13+/t18-,19+,20-,21-,22-,25-,26+,27-,28-,29+/m1/s1. The Morgan fingerprint density at radius 2 is 1.84 bits per heavy atom. The molecule has 0 unspecified atom stereocenters. The molecule has 3 aliphatic heterocycles. The summed E-state index contributed by atoms with van der Waals surface area (Å²) < 4.78 is 24.1. The Bertz CT molecular complexity index is 1060. The van der Waals surface area contributed by atoms with Gasteiger partial charge < -0.3 is 34.3 Å². The van der Waals surface area contributed by atoms with Gasteiger partial charge in [0.25, 0.3) is 0 Å². The zero-order valence-electron chi connectivity index (χ0n) is 22.6. The van der Waals surface area contributed by atoms with Crippen LogP contribution in [0.15, 0.2) is 36.0 Å². The van der Waals surface area contributed by atoms with Crippen LogP contribution in [0.2, 0.25) is 0 Å². The topological polar surface area (TPSA) is 132 Å². The maximum Gasteiger partial charge on any atom is 0.331 e.